The number of nitrogens with one attached hydrogen (secondary N) is 1. The van der Waals surface area contributed by atoms with Gasteiger partial charge in [0.05, 0.1) is 19.9 Å². The highest BCUT2D eigenvalue weighted by atomic mass is 19.1. The quantitative estimate of drug-likeness (QED) is 0.742. The molecule has 1 aliphatic rings. The van der Waals surface area contributed by atoms with Crippen LogP contribution in [0.1, 0.15) is 18.4 Å². The maximum Gasteiger partial charge on any atom is 0.350 e. The van der Waals surface area contributed by atoms with E-state index in [1.165, 1.54) is 12.1 Å². The number of hydrogen-bond donors (Lipinski definition) is 1. The van der Waals surface area contributed by atoms with Crippen molar-refractivity contribution < 1.29 is 13.9 Å². The van der Waals surface area contributed by atoms with Gasteiger partial charge in [-0.25, -0.2) is 9.18 Å². The summed E-state index contributed by atoms with van der Waals surface area (Å²) in [6, 6.07) is 11.6. The highest BCUT2D eigenvalue weighted by molar-refractivity contribution is 5.73. The summed E-state index contributed by atoms with van der Waals surface area (Å²) in [6.45, 7) is 2.59. The molecule has 1 atom stereocenters. The lowest BCUT2D eigenvalue weighted by Gasteiger charge is -2.28. The average Bonchev–Trinajstić information content (AvgIpc) is 2.70. The van der Waals surface area contributed by atoms with Crippen LogP contribution in [0.2, 0.25) is 0 Å². The lowest BCUT2D eigenvalue weighted by atomic mass is 9.89. The Hall–Kier alpha value is -3.35. The van der Waals surface area contributed by atoms with Gasteiger partial charge in [-0.05, 0) is 42.0 Å². The predicted molar refractivity (Wildman–Crippen MR) is 105 cm³/mol. The van der Waals surface area contributed by atoms with Gasteiger partial charge in [-0.3, -0.25) is 4.57 Å². The third kappa shape index (κ3) is 3.09. The van der Waals surface area contributed by atoms with Gasteiger partial charge < -0.3 is 14.8 Å². The van der Waals surface area contributed by atoms with Gasteiger partial charge in [-0.1, -0.05) is 6.92 Å². The fourth-order valence-corrected chi connectivity index (χ4v) is 3.55. The van der Waals surface area contributed by atoms with Crippen molar-refractivity contribution in [3.8, 4) is 22.8 Å². The molecule has 28 heavy (non-hydrogen) atoms. The van der Waals surface area contributed by atoms with Crippen molar-refractivity contribution in [2.45, 2.75) is 19.4 Å². The third-order valence-corrected chi connectivity index (χ3v) is 4.95. The molecule has 7 heteroatoms. The molecule has 0 bridgehead atoms. The van der Waals surface area contributed by atoms with E-state index in [0.717, 1.165) is 16.8 Å². The Kier molecular flexibility index (Phi) is 4.50. The van der Waals surface area contributed by atoms with Crippen LogP contribution >= 0.6 is 0 Å². The first-order valence-electron chi connectivity index (χ1n) is 8.91. The second kappa shape index (κ2) is 6.99. The van der Waals surface area contributed by atoms with Crippen LogP contribution in [-0.2, 0) is 6.54 Å². The van der Waals surface area contributed by atoms with E-state index in [-0.39, 0.29) is 17.4 Å². The molecule has 0 amide bonds. The average molecular weight is 381 g/mol. The molecule has 144 valence electrons. The van der Waals surface area contributed by atoms with E-state index in [1.807, 2.05) is 18.2 Å². The van der Waals surface area contributed by atoms with E-state index in [1.54, 1.807) is 30.9 Å². The van der Waals surface area contributed by atoms with Crippen LogP contribution in [0.3, 0.4) is 0 Å². The summed E-state index contributed by atoms with van der Waals surface area (Å²) in [5, 5.41) is 3.07. The maximum absolute atomic E-state index is 13.1. The topological polar surface area (TPSA) is 65.4 Å². The van der Waals surface area contributed by atoms with Crippen LogP contribution in [0.4, 0.5) is 15.9 Å². The van der Waals surface area contributed by atoms with Gasteiger partial charge in [0.1, 0.15) is 11.6 Å². The molecule has 2 aromatic carbocycles. The number of ether oxygens (including phenoxy) is 2. The molecule has 1 unspecified atom stereocenters. The molecule has 1 aliphatic heterocycles. The van der Waals surface area contributed by atoms with Crippen molar-refractivity contribution in [1.82, 2.24) is 9.55 Å². The van der Waals surface area contributed by atoms with E-state index in [4.69, 9.17) is 9.47 Å². The molecule has 2 heterocycles. The van der Waals surface area contributed by atoms with Gasteiger partial charge in [-0.15, -0.1) is 0 Å². The lowest BCUT2D eigenvalue weighted by Crippen LogP contribution is -2.30. The van der Waals surface area contributed by atoms with E-state index >= 15 is 0 Å². The monoisotopic (exact) mass is 381 g/mol. The molecule has 0 spiro atoms. The van der Waals surface area contributed by atoms with Gasteiger partial charge in [0.15, 0.2) is 11.5 Å². The summed E-state index contributed by atoms with van der Waals surface area (Å²) in [4.78, 5) is 16.8. The fraction of sp³-hybridized carbons (Fsp3) is 0.238. The lowest BCUT2D eigenvalue weighted by molar-refractivity contribution is 0.354. The fourth-order valence-electron chi connectivity index (χ4n) is 3.55. The van der Waals surface area contributed by atoms with Crippen molar-refractivity contribution in [2.75, 3.05) is 19.5 Å². The number of anilines is 2. The van der Waals surface area contributed by atoms with Crippen LogP contribution < -0.4 is 20.5 Å². The first-order valence-corrected chi connectivity index (χ1v) is 8.91. The summed E-state index contributed by atoms with van der Waals surface area (Å²) in [6.07, 6.45) is 0. The molecular weight excluding hydrogens is 361 g/mol. The van der Waals surface area contributed by atoms with E-state index in [0.29, 0.717) is 29.5 Å². The van der Waals surface area contributed by atoms with Gasteiger partial charge in [0, 0.05) is 29.8 Å². The molecule has 0 fully saturated rings. The molecule has 1 N–H and O–H groups in total. The molecular formula is C21H20FN3O3. The van der Waals surface area contributed by atoms with Crippen molar-refractivity contribution in [3.63, 3.8) is 0 Å². The number of benzene rings is 2. The standard InChI is InChI=1S/C21H20FN3O3/c1-12-11-25-17(16-9-19(28-3)18(27-2)8-15(12)16)10-20(24-21(25)26)23-14-6-4-13(22)5-7-14/h4-10,12H,11H2,1-3H3,(H,23,24,26). The first-order chi connectivity index (χ1) is 13.5. The minimum absolute atomic E-state index is 0.123. The van der Waals surface area contributed by atoms with Crippen molar-refractivity contribution >= 4 is 11.5 Å². The number of hydrogen-bond acceptors (Lipinski definition) is 5. The number of rotatable bonds is 4. The van der Waals surface area contributed by atoms with Gasteiger partial charge >= 0.3 is 5.69 Å². The molecule has 0 radical (unpaired) electrons. The molecule has 0 saturated carbocycles. The number of nitrogens with zero attached hydrogens (tertiary/aromatic N) is 2. The zero-order valence-electron chi connectivity index (χ0n) is 15.8. The van der Waals surface area contributed by atoms with E-state index in [2.05, 4.69) is 17.2 Å². The third-order valence-electron chi connectivity index (χ3n) is 4.95. The van der Waals surface area contributed by atoms with E-state index < -0.39 is 0 Å². The number of aromatic nitrogens is 2. The number of halogens is 1. The second-order valence-electron chi connectivity index (χ2n) is 6.75. The molecule has 3 aromatic rings. The Morgan fingerprint density at radius 2 is 1.79 bits per heavy atom. The Labute approximate surface area is 161 Å². The van der Waals surface area contributed by atoms with Gasteiger partial charge in [-0.2, -0.15) is 4.98 Å². The normalized spacial score (nSPS) is 14.8. The summed E-state index contributed by atoms with van der Waals surface area (Å²) in [7, 11) is 3.18. The molecule has 0 aliphatic carbocycles. The SMILES string of the molecule is COc1cc2c(cc1OC)C(C)Cn1c-2cc(Nc2ccc(F)cc2)nc1=O. The Bertz CT molecular complexity index is 1090. The maximum atomic E-state index is 13.1. The molecule has 0 saturated heterocycles. The smallest absolute Gasteiger partial charge is 0.350 e. The number of methoxy groups -OCH3 is 2. The summed E-state index contributed by atoms with van der Waals surface area (Å²) in [5.41, 5.74) is 3.04. The Balaban J connectivity index is 1.84. The minimum Gasteiger partial charge on any atom is -0.493 e. The zero-order valence-corrected chi connectivity index (χ0v) is 15.8. The molecule has 6 nitrogen and oxygen atoms in total. The summed E-state index contributed by atoms with van der Waals surface area (Å²) >= 11 is 0. The molecule has 4 rings (SSSR count). The zero-order chi connectivity index (χ0) is 19.8. The summed E-state index contributed by atoms with van der Waals surface area (Å²) in [5.74, 6) is 1.45. The van der Waals surface area contributed by atoms with Gasteiger partial charge in [0.2, 0.25) is 0 Å². The van der Waals surface area contributed by atoms with Crippen LogP contribution in [0.25, 0.3) is 11.3 Å². The molecule has 1 aromatic heterocycles. The summed E-state index contributed by atoms with van der Waals surface area (Å²) < 4.78 is 25.7. The number of fused-ring (bicyclic) bond motifs is 3. The van der Waals surface area contributed by atoms with Crippen LogP contribution in [-0.4, -0.2) is 23.8 Å². The van der Waals surface area contributed by atoms with Crippen molar-refractivity contribution in [1.29, 1.82) is 0 Å². The highest BCUT2D eigenvalue weighted by Crippen LogP contribution is 2.42. The highest BCUT2D eigenvalue weighted by Gasteiger charge is 2.26. The van der Waals surface area contributed by atoms with Crippen LogP contribution in [0.5, 0.6) is 11.5 Å². The second-order valence-corrected chi connectivity index (χ2v) is 6.75. The van der Waals surface area contributed by atoms with Crippen molar-refractivity contribution in [3.05, 3.63) is 64.3 Å². The van der Waals surface area contributed by atoms with Crippen LogP contribution in [0.15, 0.2) is 47.3 Å². The van der Waals surface area contributed by atoms with Gasteiger partial charge in [0.25, 0.3) is 0 Å². The minimum atomic E-state index is -0.339. The largest absolute Gasteiger partial charge is 0.493 e. The van der Waals surface area contributed by atoms with Crippen molar-refractivity contribution in [2.24, 2.45) is 0 Å². The first kappa shape index (κ1) is 18.0. The van der Waals surface area contributed by atoms with E-state index in [9.17, 15) is 9.18 Å². The Morgan fingerprint density at radius 3 is 2.46 bits per heavy atom. The van der Waals surface area contributed by atoms with Crippen LogP contribution in [0, 0.1) is 5.82 Å². The predicted octanol–water partition coefficient (Wildman–Crippen LogP) is 3.93. The Morgan fingerprint density at radius 1 is 1.11 bits per heavy atom.